The number of amides is 2. The molecule has 5 rings (SSSR count). The summed E-state index contributed by atoms with van der Waals surface area (Å²) in [6.45, 7) is 11.6. The van der Waals surface area contributed by atoms with E-state index in [-0.39, 0.29) is 37.5 Å². The number of hydrogen-bond acceptors (Lipinski definition) is 6. The summed E-state index contributed by atoms with van der Waals surface area (Å²) in [6.07, 6.45) is 3.92. The Kier molecular flexibility index (Phi) is 8.39. The summed E-state index contributed by atoms with van der Waals surface area (Å²) < 4.78 is 12.3. The van der Waals surface area contributed by atoms with E-state index in [4.69, 9.17) is 9.47 Å². The lowest BCUT2D eigenvalue weighted by atomic mass is 9.62. The SMILES string of the molecule is C=CCOC(=O)[C@@H]1[C@H]2C(=O)N([C@@H](CO)Cc3ccccc3)C(C(=O)N(CC=C)Cc3ccccc3)C23CC(C)[C@@]1(C)O3. The molecule has 42 heavy (non-hydrogen) atoms. The van der Waals surface area contributed by atoms with E-state index in [1.165, 1.54) is 11.0 Å². The van der Waals surface area contributed by atoms with Gasteiger partial charge in [0.25, 0.3) is 0 Å². The third-order valence-electron chi connectivity index (χ3n) is 9.38. The number of hydrogen-bond donors (Lipinski definition) is 1. The van der Waals surface area contributed by atoms with Gasteiger partial charge in [-0.05, 0) is 36.8 Å². The Bertz CT molecular complexity index is 1330. The van der Waals surface area contributed by atoms with Crippen LogP contribution < -0.4 is 0 Å². The number of benzene rings is 2. The minimum absolute atomic E-state index is 0.0111. The lowest BCUT2D eigenvalue weighted by Gasteiger charge is -2.39. The van der Waals surface area contributed by atoms with Crippen molar-refractivity contribution in [3.05, 3.63) is 97.1 Å². The predicted octanol–water partition coefficient (Wildman–Crippen LogP) is 3.54. The lowest BCUT2D eigenvalue weighted by Crippen LogP contribution is -2.59. The highest BCUT2D eigenvalue weighted by atomic mass is 16.6. The first-order chi connectivity index (χ1) is 20.2. The van der Waals surface area contributed by atoms with Crippen LogP contribution in [-0.4, -0.2) is 75.7 Å². The van der Waals surface area contributed by atoms with Crippen LogP contribution >= 0.6 is 0 Å². The summed E-state index contributed by atoms with van der Waals surface area (Å²) >= 11 is 0. The van der Waals surface area contributed by atoms with Gasteiger partial charge in [-0.1, -0.05) is 86.3 Å². The van der Waals surface area contributed by atoms with Crippen LogP contribution in [0.2, 0.25) is 0 Å². The molecule has 0 aromatic heterocycles. The summed E-state index contributed by atoms with van der Waals surface area (Å²) in [5, 5.41) is 10.7. The third kappa shape index (κ3) is 4.86. The molecule has 8 nitrogen and oxygen atoms in total. The van der Waals surface area contributed by atoms with Crippen molar-refractivity contribution in [1.82, 2.24) is 9.80 Å². The summed E-state index contributed by atoms with van der Waals surface area (Å²) in [5.41, 5.74) is -0.381. The molecule has 222 valence electrons. The van der Waals surface area contributed by atoms with Gasteiger partial charge < -0.3 is 24.4 Å². The molecule has 3 heterocycles. The van der Waals surface area contributed by atoms with E-state index < -0.39 is 41.1 Å². The molecule has 2 bridgehead atoms. The number of esters is 1. The van der Waals surface area contributed by atoms with Gasteiger partial charge in [-0.15, -0.1) is 6.58 Å². The van der Waals surface area contributed by atoms with Gasteiger partial charge in [0, 0.05) is 13.1 Å². The Morgan fingerprint density at radius 1 is 1.12 bits per heavy atom. The van der Waals surface area contributed by atoms with E-state index in [1.54, 1.807) is 11.0 Å². The Balaban J connectivity index is 1.61. The number of nitrogens with zero attached hydrogens (tertiary/aromatic N) is 2. The molecular formula is C34H40N2O6. The van der Waals surface area contributed by atoms with E-state index in [1.807, 2.05) is 74.5 Å². The third-order valence-corrected chi connectivity index (χ3v) is 9.38. The minimum atomic E-state index is -1.25. The second-order valence-corrected chi connectivity index (χ2v) is 11.9. The quantitative estimate of drug-likeness (QED) is 0.309. The maximum absolute atomic E-state index is 14.7. The van der Waals surface area contributed by atoms with Gasteiger partial charge in [-0.25, -0.2) is 0 Å². The topological polar surface area (TPSA) is 96.4 Å². The monoisotopic (exact) mass is 572 g/mol. The summed E-state index contributed by atoms with van der Waals surface area (Å²) in [4.78, 5) is 46.1. The molecule has 3 fully saturated rings. The average molecular weight is 573 g/mol. The number of aliphatic hydroxyl groups excluding tert-OH is 1. The van der Waals surface area contributed by atoms with Gasteiger partial charge in [0.15, 0.2) is 0 Å². The Hall–Kier alpha value is -3.75. The van der Waals surface area contributed by atoms with Crippen molar-refractivity contribution in [3.8, 4) is 0 Å². The number of rotatable bonds is 12. The second-order valence-electron chi connectivity index (χ2n) is 11.9. The largest absolute Gasteiger partial charge is 0.461 e. The normalized spacial score (nSPS) is 30.1. The number of ether oxygens (including phenoxy) is 2. The van der Waals surface area contributed by atoms with E-state index in [2.05, 4.69) is 13.2 Å². The zero-order valence-corrected chi connectivity index (χ0v) is 24.4. The van der Waals surface area contributed by atoms with Gasteiger partial charge in [-0.3, -0.25) is 14.4 Å². The van der Waals surface area contributed by atoms with E-state index in [9.17, 15) is 19.5 Å². The maximum Gasteiger partial charge on any atom is 0.313 e. The summed E-state index contributed by atoms with van der Waals surface area (Å²) in [6, 6.07) is 17.4. The molecule has 0 radical (unpaired) electrons. The van der Waals surface area contributed by atoms with E-state index >= 15 is 0 Å². The van der Waals surface area contributed by atoms with Crippen molar-refractivity contribution < 1.29 is 29.0 Å². The molecule has 2 aromatic carbocycles. The van der Waals surface area contributed by atoms with Crippen LogP contribution in [0.4, 0.5) is 0 Å². The van der Waals surface area contributed by atoms with Crippen LogP contribution in [0.15, 0.2) is 86.0 Å². The Labute approximate surface area is 247 Å². The van der Waals surface area contributed by atoms with Crippen molar-refractivity contribution >= 4 is 17.8 Å². The first-order valence-electron chi connectivity index (χ1n) is 14.6. The van der Waals surface area contributed by atoms with Gasteiger partial charge >= 0.3 is 5.97 Å². The summed E-state index contributed by atoms with van der Waals surface area (Å²) in [5.74, 6) is -3.13. The van der Waals surface area contributed by atoms with Gasteiger partial charge in [0.1, 0.15) is 24.2 Å². The molecule has 2 aromatic rings. The van der Waals surface area contributed by atoms with Gasteiger partial charge in [-0.2, -0.15) is 0 Å². The predicted molar refractivity (Wildman–Crippen MR) is 158 cm³/mol. The van der Waals surface area contributed by atoms with Crippen LogP contribution in [0.1, 0.15) is 31.4 Å². The number of carbonyl (C=O) groups excluding carboxylic acids is 3. The first-order valence-corrected chi connectivity index (χ1v) is 14.6. The van der Waals surface area contributed by atoms with Crippen LogP contribution in [0.5, 0.6) is 0 Å². The minimum Gasteiger partial charge on any atom is -0.461 e. The molecule has 3 aliphatic rings. The van der Waals surface area contributed by atoms with Crippen molar-refractivity contribution in [2.24, 2.45) is 17.8 Å². The van der Waals surface area contributed by atoms with Crippen LogP contribution in [0.3, 0.4) is 0 Å². The summed E-state index contributed by atoms with van der Waals surface area (Å²) in [7, 11) is 0. The molecule has 8 heteroatoms. The second kappa shape index (κ2) is 11.9. The van der Waals surface area contributed by atoms with E-state index in [0.717, 1.165) is 11.1 Å². The van der Waals surface area contributed by atoms with Crippen molar-refractivity contribution in [1.29, 1.82) is 0 Å². The zero-order valence-electron chi connectivity index (χ0n) is 24.4. The van der Waals surface area contributed by atoms with Crippen molar-refractivity contribution in [3.63, 3.8) is 0 Å². The molecule has 3 unspecified atom stereocenters. The zero-order chi connectivity index (χ0) is 30.1. The molecular weight excluding hydrogens is 532 g/mol. The molecule has 2 amide bonds. The average Bonchev–Trinajstić information content (AvgIpc) is 3.51. The fourth-order valence-electron chi connectivity index (χ4n) is 7.44. The molecule has 0 saturated carbocycles. The number of aliphatic hydroxyl groups is 1. The van der Waals surface area contributed by atoms with Gasteiger partial charge in [0.05, 0.1) is 24.2 Å². The molecule has 7 atom stereocenters. The van der Waals surface area contributed by atoms with E-state index in [0.29, 0.717) is 19.4 Å². The standard InChI is InChI=1S/C34H40N2O6/c1-5-17-35(21-25-15-11-8-12-16-25)31(39)29-34-20-23(3)33(4,42-34)28(32(40)41-18-6-2)27(34)30(38)36(29)26(22-37)19-24-13-9-7-10-14-24/h5-16,23,26-29,37H,1-2,17-22H2,3-4H3/t23?,26-,27+,28+,29?,33-,34?/m1/s1. The maximum atomic E-state index is 14.7. The molecule has 3 saturated heterocycles. The molecule has 1 spiro atoms. The highest BCUT2D eigenvalue weighted by Gasteiger charge is 2.80. The fourth-order valence-corrected chi connectivity index (χ4v) is 7.44. The van der Waals surface area contributed by atoms with Crippen molar-refractivity contribution in [2.45, 2.75) is 56.5 Å². The number of carbonyl (C=O) groups is 3. The Morgan fingerprint density at radius 3 is 2.36 bits per heavy atom. The van der Waals surface area contributed by atoms with Gasteiger partial charge in [0.2, 0.25) is 11.8 Å². The molecule has 1 N–H and O–H groups in total. The molecule has 3 aliphatic heterocycles. The van der Waals surface area contributed by atoms with Crippen LogP contribution in [-0.2, 0) is 36.8 Å². The molecule has 0 aliphatic carbocycles. The highest BCUT2D eigenvalue weighted by Crippen LogP contribution is 2.65. The smallest absolute Gasteiger partial charge is 0.313 e. The number of likely N-dealkylation sites (tertiary alicyclic amines) is 1. The number of fused-ring (bicyclic) bond motifs is 1. The van der Waals surface area contributed by atoms with Crippen molar-refractivity contribution in [2.75, 3.05) is 19.8 Å². The van der Waals surface area contributed by atoms with Crippen LogP contribution in [0, 0.1) is 17.8 Å². The lowest BCUT2D eigenvalue weighted by molar-refractivity contribution is -0.163. The Morgan fingerprint density at radius 2 is 1.76 bits per heavy atom. The fraction of sp³-hybridized carbons (Fsp3) is 0.441. The van der Waals surface area contributed by atoms with Crippen LogP contribution in [0.25, 0.3) is 0 Å². The highest BCUT2D eigenvalue weighted by molar-refractivity contribution is 5.99. The first kappa shape index (κ1) is 29.7.